The van der Waals surface area contributed by atoms with E-state index in [4.69, 9.17) is 4.74 Å². The van der Waals surface area contributed by atoms with Gasteiger partial charge < -0.3 is 4.74 Å². The molecule has 2 rings (SSSR count). The summed E-state index contributed by atoms with van der Waals surface area (Å²) >= 11 is 6.27. The van der Waals surface area contributed by atoms with Crippen LogP contribution in [0, 0.1) is 10.1 Å². The highest BCUT2D eigenvalue weighted by Gasteiger charge is 2.24. The standard InChI is InChI=1S/C11H9Br2N3O3/c1-19-8-4-2-7(3-5-8)6-15-11(13)9(16(17)18)10(12)14-15/h2-5H,6H2,1H3. The lowest BCUT2D eigenvalue weighted by Crippen LogP contribution is -2.02. The van der Waals surface area contributed by atoms with Crippen LogP contribution in [0.15, 0.2) is 33.5 Å². The van der Waals surface area contributed by atoms with Crippen molar-refractivity contribution in [1.82, 2.24) is 9.78 Å². The molecule has 0 bridgehead atoms. The monoisotopic (exact) mass is 389 g/mol. The second kappa shape index (κ2) is 5.70. The van der Waals surface area contributed by atoms with Crippen molar-refractivity contribution in [2.24, 2.45) is 0 Å². The van der Waals surface area contributed by atoms with Crippen molar-refractivity contribution in [1.29, 1.82) is 0 Å². The van der Waals surface area contributed by atoms with Crippen molar-refractivity contribution >= 4 is 37.5 Å². The zero-order valence-electron chi connectivity index (χ0n) is 9.84. The van der Waals surface area contributed by atoms with Crippen LogP contribution in [0.2, 0.25) is 0 Å². The Hall–Kier alpha value is -1.41. The molecule has 0 fully saturated rings. The minimum absolute atomic E-state index is 0.0755. The predicted molar refractivity (Wildman–Crippen MR) is 76.4 cm³/mol. The van der Waals surface area contributed by atoms with Crippen molar-refractivity contribution in [2.75, 3.05) is 7.11 Å². The van der Waals surface area contributed by atoms with E-state index in [0.29, 0.717) is 11.1 Å². The van der Waals surface area contributed by atoms with Crippen LogP contribution in [0.3, 0.4) is 0 Å². The second-order valence-corrected chi connectivity index (χ2v) is 5.20. The largest absolute Gasteiger partial charge is 0.497 e. The van der Waals surface area contributed by atoms with Crippen LogP contribution in [-0.4, -0.2) is 21.8 Å². The summed E-state index contributed by atoms with van der Waals surface area (Å²) in [5.41, 5.74) is 0.889. The molecule has 0 saturated carbocycles. The molecule has 0 saturated heterocycles. The van der Waals surface area contributed by atoms with Crippen LogP contribution in [0.5, 0.6) is 5.75 Å². The van der Waals surface area contributed by atoms with Gasteiger partial charge in [-0.05, 0) is 49.6 Å². The summed E-state index contributed by atoms with van der Waals surface area (Å²) in [6.45, 7) is 0.428. The average molecular weight is 391 g/mol. The third kappa shape index (κ3) is 2.95. The number of halogens is 2. The first-order chi connectivity index (χ1) is 9.02. The predicted octanol–water partition coefficient (Wildman–Crippen LogP) is 3.37. The molecule has 0 atom stereocenters. The molecule has 0 amide bonds. The molecule has 0 aliphatic rings. The van der Waals surface area contributed by atoms with Gasteiger partial charge in [0.1, 0.15) is 5.75 Å². The maximum Gasteiger partial charge on any atom is 0.335 e. The fourth-order valence-corrected chi connectivity index (χ4v) is 2.89. The van der Waals surface area contributed by atoms with Gasteiger partial charge in [-0.3, -0.25) is 10.1 Å². The van der Waals surface area contributed by atoms with Crippen LogP contribution in [-0.2, 0) is 6.54 Å². The van der Waals surface area contributed by atoms with Crippen LogP contribution < -0.4 is 4.74 Å². The number of nitro groups is 1. The first-order valence-corrected chi connectivity index (χ1v) is 6.80. The molecule has 0 aliphatic carbocycles. The smallest absolute Gasteiger partial charge is 0.335 e. The molecule has 2 aromatic rings. The third-order valence-corrected chi connectivity index (χ3v) is 3.82. The molecular weight excluding hydrogens is 382 g/mol. The van der Waals surface area contributed by atoms with E-state index in [0.717, 1.165) is 11.3 Å². The van der Waals surface area contributed by atoms with E-state index in [1.54, 1.807) is 7.11 Å². The van der Waals surface area contributed by atoms with Gasteiger partial charge in [0.25, 0.3) is 0 Å². The van der Waals surface area contributed by atoms with Crippen LogP contribution in [0.4, 0.5) is 5.69 Å². The molecule has 0 radical (unpaired) electrons. The van der Waals surface area contributed by atoms with E-state index in [9.17, 15) is 10.1 Å². The molecule has 19 heavy (non-hydrogen) atoms. The van der Waals surface area contributed by atoms with Gasteiger partial charge in [-0.15, -0.1) is 0 Å². The lowest BCUT2D eigenvalue weighted by Gasteiger charge is -2.04. The third-order valence-electron chi connectivity index (χ3n) is 2.50. The van der Waals surface area contributed by atoms with Gasteiger partial charge in [-0.2, -0.15) is 5.10 Å². The molecular formula is C11H9Br2N3O3. The molecule has 6 nitrogen and oxygen atoms in total. The molecule has 1 aromatic heterocycles. The SMILES string of the molecule is COc1ccc(Cn2nc(Br)c([N+](=O)[O-])c2Br)cc1. The molecule has 0 N–H and O–H groups in total. The summed E-state index contributed by atoms with van der Waals surface area (Å²) in [6.07, 6.45) is 0. The number of methoxy groups -OCH3 is 1. The van der Waals surface area contributed by atoms with Crippen molar-refractivity contribution in [3.63, 3.8) is 0 Å². The first kappa shape index (κ1) is 14.0. The van der Waals surface area contributed by atoms with E-state index in [2.05, 4.69) is 37.0 Å². The normalized spacial score (nSPS) is 10.5. The van der Waals surface area contributed by atoms with Gasteiger partial charge in [-0.25, -0.2) is 4.68 Å². The Labute approximate surface area is 125 Å². The lowest BCUT2D eigenvalue weighted by molar-refractivity contribution is -0.386. The maximum absolute atomic E-state index is 10.9. The molecule has 1 aromatic carbocycles. The van der Waals surface area contributed by atoms with E-state index in [1.807, 2.05) is 24.3 Å². The van der Waals surface area contributed by atoms with Gasteiger partial charge in [-0.1, -0.05) is 12.1 Å². The Morgan fingerprint density at radius 1 is 1.37 bits per heavy atom. The number of nitrogens with zero attached hydrogens (tertiary/aromatic N) is 3. The zero-order chi connectivity index (χ0) is 14.0. The van der Waals surface area contributed by atoms with E-state index < -0.39 is 4.92 Å². The topological polar surface area (TPSA) is 70.2 Å². The van der Waals surface area contributed by atoms with Gasteiger partial charge in [0.2, 0.25) is 4.60 Å². The molecule has 100 valence electrons. The summed E-state index contributed by atoms with van der Waals surface area (Å²) in [4.78, 5) is 10.4. The van der Waals surface area contributed by atoms with Crippen molar-refractivity contribution in [3.8, 4) is 5.75 Å². The van der Waals surface area contributed by atoms with Gasteiger partial charge in [0.05, 0.1) is 18.6 Å². The van der Waals surface area contributed by atoms with Crippen LogP contribution in [0.25, 0.3) is 0 Å². The Kier molecular flexibility index (Phi) is 4.20. The molecule has 8 heteroatoms. The lowest BCUT2D eigenvalue weighted by atomic mass is 10.2. The summed E-state index contributed by atoms with van der Waals surface area (Å²) < 4.78 is 7.13. The Bertz CT molecular complexity index is 610. The number of benzene rings is 1. The van der Waals surface area contributed by atoms with E-state index in [1.165, 1.54) is 4.68 Å². The molecule has 1 heterocycles. The molecule has 0 aliphatic heterocycles. The number of hydrogen-bond donors (Lipinski definition) is 0. The highest BCUT2D eigenvalue weighted by molar-refractivity contribution is 9.11. The van der Waals surface area contributed by atoms with Crippen molar-refractivity contribution in [3.05, 3.63) is 49.1 Å². The van der Waals surface area contributed by atoms with Gasteiger partial charge in [0, 0.05) is 0 Å². The van der Waals surface area contributed by atoms with Crippen molar-refractivity contribution < 1.29 is 9.66 Å². The Morgan fingerprint density at radius 2 is 2.00 bits per heavy atom. The Balaban J connectivity index is 2.28. The van der Waals surface area contributed by atoms with Crippen molar-refractivity contribution in [2.45, 2.75) is 6.54 Å². The van der Waals surface area contributed by atoms with E-state index in [-0.39, 0.29) is 10.3 Å². The molecule has 0 unspecified atom stereocenters. The highest BCUT2D eigenvalue weighted by Crippen LogP contribution is 2.32. The summed E-state index contributed by atoms with van der Waals surface area (Å²) in [5.74, 6) is 0.760. The fraction of sp³-hybridized carbons (Fsp3) is 0.182. The van der Waals surface area contributed by atoms with E-state index >= 15 is 0 Å². The number of rotatable bonds is 4. The number of hydrogen-bond acceptors (Lipinski definition) is 4. The number of aromatic nitrogens is 2. The van der Waals surface area contributed by atoms with Crippen LogP contribution in [0.1, 0.15) is 5.56 Å². The highest BCUT2D eigenvalue weighted by atomic mass is 79.9. The van der Waals surface area contributed by atoms with Gasteiger partial charge >= 0.3 is 5.69 Å². The average Bonchev–Trinajstić information content (AvgIpc) is 2.65. The Morgan fingerprint density at radius 3 is 2.47 bits per heavy atom. The minimum atomic E-state index is -0.480. The molecule has 0 spiro atoms. The summed E-state index contributed by atoms with van der Waals surface area (Å²) in [7, 11) is 1.60. The summed E-state index contributed by atoms with van der Waals surface area (Å²) in [6, 6.07) is 7.42. The fourth-order valence-electron chi connectivity index (χ4n) is 1.56. The summed E-state index contributed by atoms with van der Waals surface area (Å²) in [5, 5.41) is 15.0. The second-order valence-electron chi connectivity index (χ2n) is 3.69. The first-order valence-electron chi connectivity index (χ1n) is 5.22. The van der Waals surface area contributed by atoms with Gasteiger partial charge in [0.15, 0.2) is 4.60 Å². The number of ether oxygens (including phenoxy) is 1. The maximum atomic E-state index is 10.9. The quantitative estimate of drug-likeness (QED) is 0.592. The minimum Gasteiger partial charge on any atom is -0.497 e. The zero-order valence-corrected chi connectivity index (χ0v) is 13.0. The van der Waals surface area contributed by atoms with Crippen LogP contribution >= 0.6 is 31.9 Å².